The normalized spacial score (nSPS) is 25.0. The number of nitrogens with zero attached hydrogens (tertiary/aromatic N) is 3. The summed E-state index contributed by atoms with van der Waals surface area (Å²) in [7, 11) is 1.52. The van der Waals surface area contributed by atoms with Crippen molar-refractivity contribution >= 4 is 28.5 Å². The first-order chi connectivity index (χ1) is 12.1. The Bertz CT molecular complexity index is 831. The summed E-state index contributed by atoms with van der Waals surface area (Å²) in [5.41, 5.74) is 1.88. The van der Waals surface area contributed by atoms with Crippen LogP contribution in [0, 0.1) is 0 Å². The smallest absolute Gasteiger partial charge is 0.176 e. The lowest BCUT2D eigenvalue weighted by atomic mass is 9.96. The fourth-order valence-electron chi connectivity index (χ4n) is 3.40. The highest BCUT2D eigenvalue weighted by atomic mass is 35.5. The van der Waals surface area contributed by atoms with E-state index in [4.69, 9.17) is 21.3 Å². The number of aliphatic imine (C=N–C) groups is 1. The van der Waals surface area contributed by atoms with Crippen LogP contribution < -0.4 is 4.74 Å². The summed E-state index contributed by atoms with van der Waals surface area (Å²) in [5.74, 6) is 0.334. The molecule has 0 aliphatic carbocycles. The number of aromatic nitrogens is 1. The monoisotopic (exact) mass is 375 g/mol. The van der Waals surface area contributed by atoms with Crippen molar-refractivity contribution in [2.45, 2.75) is 24.3 Å². The number of rotatable bonds is 3. The van der Waals surface area contributed by atoms with Crippen LogP contribution >= 0.6 is 23.4 Å². The zero-order valence-corrected chi connectivity index (χ0v) is 15.5. The van der Waals surface area contributed by atoms with Gasteiger partial charge in [-0.1, -0.05) is 36.4 Å². The van der Waals surface area contributed by atoms with Gasteiger partial charge in [0, 0.05) is 18.0 Å². The van der Waals surface area contributed by atoms with Gasteiger partial charge < -0.3 is 14.7 Å². The molecule has 0 spiro atoms. The molecule has 1 aromatic heterocycles. The lowest BCUT2D eigenvalue weighted by Crippen LogP contribution is -2.28. The molecule has 25 heavy (non-hydrogen) atoms. The van der Waals surface area contributed by atoms with Gasteiger partial charge in [-0.15, -0.1) is 0 Å². The third-order valence-corrected chi connectivity index (χ3v) is 5.88. The number of fused-ring (bicyclic) bond motifs is 1. The molecule has 2 aliphatic rings. The minimum absolute atomic E-state index is 0.0191. The first-order valence-electron chi connectivity index (χ1n) is 8.07. The van der Waals surface area contributed by atoms with Crippen LogP contribution in [0.25, 0.3) is 0 Å². The Hall–Kier alpha value is -1.92. The van der Waals surface area contributed by atoms with Crippen LogP contribution in [-0.2, 0) is 0 Å². The van der Waals surface area contributed by atoms with Gasteiger partial charge in [-0.3, -0.25) is 9.98 Å². The average Bonchev–Trinajstić information content (AvgIpc) is 3.14. The maximum absolute atomic E-state index is 10.1. The van der Waals surface area contributed by atoms with Gasteiger partial charge in [-0.2, -0.15) is 0 Å². The van der Waals surface area contributed by atoms with Crippen molar-refractivity contribution in [1.29, 1.82) is 0 Å². The standard InChI is InChI=1S/C18H18ClN3O2S/c1-10-9-22-16(11-7-12(19)17(23)14(8-11)24-2)15(21-18(22)25-10)13-5-3-4-6-20-13/h3-8,10,15-16,23H,9H2,1-2H3/t10-,15+,16-/m0/s1. The Morgan fingerprint density at radius 3 is 2.92 bits per heavy atom. The summed E-state index contributed by atoms with van der Waals surface area (Å²) in [6, 6.07) is 9.38. The Morgan fingerprint density at radius 1 is 1.36 bits per heavy atom. The molecular formula is C18H18ClN3O2S. The van der Waals surface area contributed by atoms with Crippen LogP contribution in [0.4, 0.5) is 0 Å². The number of methoxy groups -OCH3 is 1. The van der Waals surface area contributed by atoms with Crippen LogP contribution in [0.1, 0.15) is 30.3 Å². The van der Waals surface area contributed by atoms with Crippen molar-refractivity contribution in [2.24, 2.45) is 4.99 Å². The number of thioether (sulfide) groups is 1. The number of amidine groups is 1. The predicted octanol–water partition coefficient (Wildman–Crippen LogP) is 4.04. The molecule has 0 radical (unpaired) electrons. The van der Waals surface area contributed by atoms with Crippen molar-refractivity contribution < 1.29 is 9.84 Å². The average molecular weight is 376 g/mol. The van der Waals surface area contributed by atoms with Crippen LogP contribution in [0.15, 0.2) is 41.5 Å². The Labute approximate surface area is 155 Å². The molecule has 0 saturated carbocycles. The summed E-state index contributed by atoms with van der Waals surface area (Å²) < 4.78 is 5.29. The zero-order valence-electron chi connectivity index (χ0n) is 13.9. The SMILES string of the molecule is COc1cc([C@H]2[C@@H](c3ccccn3)N=C3S[C@@H](C)CN32)cc(Cl)c1O. The summed E-state index contributed by atoms with van der Waals surface area (Å²) >= 11 is 8.02. The second-order valence-corrected chi connectivity index (χ2v) is 8.00. The second kappa shape index (κ2) is 6.42. The summed E-state index contributed by atoms with van der Waals surface area (Å²) in [4.78, 5) is 11.7. The molecule has 3 atom stereocenters. The molecule has 0 unspecified atom stereocenters. The first-order valence-corrected chi connectivity index (χ1v) is 9.32. The van der Waals surface area contributed by atoms with E-state index >= 15 is 0 Å². The van der Waals surface area contributed by atoms with E-state index in [9.17, 15) is 5.11 Å². The lowest BCUT2D eigenvalue weighted by molar-refractivity contribution is 0.318. The fraction of sp³-hybridized carbons (Fsp3) is 0.333. The van der Waals surface area contributed by atoms with Gasteiger partial charge in [-0.05, 0) is 29.8 Å². The van der Waals surface area contributed by atoms with Crippen molar-refractivity contribution in [1.82, 2.24) is 9.88 Å². The molecule has 0 bridgehead atoms. The van der Waals surface area contributed by atoms with Gasteiger partial charge >= 0.3 is 0 Å². The molecule has 130 valence electrons. The number of hydrogen-bond acceptors (Lipinski definition) is 6. The van der Waals surface area contributed by atoms with E-state index in [2.05, 4.69) is 16.8 Å². The minimum Gasteiger partial charge on any atom is -0.503 e. The maximum Gasteiger partial charge on any atom is 0.176 e. The largest absolute Gasteiger partial charge is 0.503 e. The molecular weight excluding hydrogens is 358 g/mol. The second-order valence-electron chi connectivity index (χ2n) is 6.19. The highest BCUT2D eigenvalue weighted by Gasteiger charge is 2.43. The van der Waals surface area contributed by atoms with Gasteiger partial charge in [0.2, 0.25) is 0 Å². The molecule has 5 nitrogen and oxygen atoms in total. The predicted molar refractivity (Wildman–Crippen MR) is 101 cm³/mol. The molecule has 1 aromatic carbocycles. The third kappa shape index (κ3) is 2.83. The molecule has 7 heteroatoms. The quantitative estimate of drug-likeness (QED) is 0.877. The molecule has 2 aliphatic heterocycles. The fourth-order valence-corrected chi connectivity index (χ4v) is 4.71. The number of phenols is 1. The zero-order chi connectivity index (χ0) is 17.6. The van der Waals surface area contributed by atoms with Gasteiger partial charge in [0.25, 0.3) is 0 Å². The number of aromatic hydroxyl groups is 1. The minimum atomic E-state index is -0.110. The number of hydrogen-bond donors (Lipinski definition) is 1. The van der Waals surface area contributed by atoms with E-state index in [1.165, 1.54) is 7.11 Å². The molecule has 2 aromatic rings. The first kappa shape index (κ1) is 16.5. The molecule has 1 fully saturated rings. The summed E-state index contributed by atoms with van der Waals surface area (Å²) in [5, 5.41) is 11.9. The van der Waals surface area contributed by atoms with E-state index in [1.807, 2.05) is 24.3 Å². The number of phenolic OH excluding ortho intramolecular Hbond substituents is 1. The van der Waals surface area contributed by atoms with E-state index in [1.54, 1.807) is 24.0 Å². The molecule has 1 saturated heterocycles. The van der Waals surface area contributed by atoms with E-state index in [0.29, 0.717) is 11.0 Å². The van der Waals surface area contributed by atoms with Crippen LogP contribution in [-0.4, -0.2) is 39.1 Å². The number of pyridine rings is 1. The molecule has 4 rings (SSSR count). The maximum atomic E-state index is 10.1. The number of benzene rings is 1. The highest BCUT2D eigenvalue weighted by molar-refractivity contribution is 8.14. The van der Waals surface area contributed by atoms with Crippen LogP contribution in [0.3, 0.4) is 0 Å². The van der Waals surface area contributed by atoms with Crippen molar-refractivity contribution in [3.05, 3.63) is 52.8 Å². The Morgan fingerprint density at radius 2 is 2.20 bits per heavy atom. The van der Waals surface area contributed by atoms with Crippen LogP contribution in [0.5, 0.6) is 11.5 Å². The van der Waals surface area contributed by atoms with E-state index in [-0.39, 0.29) is 22.9 Å². The Kier molecular flexibility index (Phi) is 4.25. The van der Waals surface area contributed by atoms with Crippen molar-refractivity contribution in [2.75, 3.05) is 13.7 Å². The van der Waals surface area contributed by atoms with E-state index < -0.39 is 0 Å². The molecule has 1 N–H and O–H groups in total. The summed E-state index contributed by atoms with van der Waals surface area (Å²) in [6.07, 6.45) is 1.79. The van der Waals surface area contributed by atoms with Gasteiger partial charge in [0.1, 0.15) is 6.04 Å². The van der Waals surface area contributed by atoms with Gasteiger partial charge in [-0.25, -0.2) is 0 Å². The third-order valence-electron chi connectivity index (χ3n) is 4.49. The van der Waals surface area contributed by atoms with Gasteiger partial charge in [0.05, 0.1) is 23.9 Å². The van der Waals surface area contributed by atoms with Gasteiger partial charge in [0.15, 0.2) is 16.7 Å². The highest BCUT2D eigenvalue weighted by Crippen LogP contribution is 2.49. The number of ether oxygens (including phenoxy) is 1. The molecule has 3 heterocycles. The topological polar surface area (TPSA) is 58.0 Å². The molecule has 0 amide bonds. The van der Waals surface area contributed by atoms with Crippen molar-refractivity contribution in [3.8, 4) is 11.5 Å². The van der Waals surface area contributed by atoms with Crippen molar-refractivity contribution in [3.63, 3.8) is 0 Å². The van der Waals surface area contributed by atoms with E-state index in [0.717, 1.165) is 23.0 Å². The Balaban J connectivity index is 1.81. The van der Waals surface area contributed by atoms with Crippen LogP contribution in [0.2, 0.25) is 5.02 Å². The summed E-state index contributed by atoms with van der Waals surface area (Å²) in [6.45, 7) is 3.11. The number of halogens is 1. The lowest BCUT2D eigenvalue weighted by Gasteiger charge is -2.28.